The van der Waals surface area contributed by atoms with E-state index in [1.54, 1.807) is 38.7 Å². The SMILES string of the molecule is C=N/N=C(/N1CC(c2ccnc3cc(F)ccc23)C1)N(CCOC)c1ccc(OC)nc1. The first-order chi connectivity index (χ1) is 15.6. The number of rotatable bonds is 7. The van der Waals surface area contributed by atoms with Gasteiger partial charge in [-0.15, -0.1) is 5.10 Å². The minimum absolute atomic E-state index is 0.263. The Labute approximate surface area is 186 Å². The van der Waals surface area contributed by atoms with Gasteiger partial charge in [-0.25, -0.2) is 9.37 Å². The van der Waals surface area contributed by atoms with Gasteiger partial charge in [0.05, 0.1) is 31.1 Å². The first-order valence-electron chi connectivity index (χ1n) is 10.2. The quantitative estimate of drug-likeness (QED) is 0.321. The maximum atomic E-state index is 13.6. The number of ether oxygens (including phenoxy) is 2. The standard InChI is InChI=1S/C23H25FN6O2/c1-25-28-23(30(10-11-31-2)18-5-7-22(32-3)27-13-18)29-14-16(15-29)19-8-9-26-21-12-17(24)4-6-20(19)21/h4-9,12-13,16H,1,10-11,14-15H2,2-3H3/b28-23-. The van der Waals surface area contributed by atoms with Gasteiger partial charge in [-0.05, 0) is 29.8 Å². The molecule has 9 heteroatoms. The third-order valence-electron chi connectivity index (χ3n) is 5.50. The van der Waals surface area contributed by atoms with E-state index in [0.717, 1.165) is 29.7 Å². The van der Waals surface area contributed by atoms with Gasteiger partial charge in [-0.2, -0.15) is 5.10 Å². The van der Waals surface area contributed by atoms with Gasteiger partial charge in [0.25, 0.3) is 0 Å². The van der Waals surface area contributed by atoms with Crippen molar-refractivity contribution in [3.05, 3.63) is 60.2 Å². The molecule has 0 N–H and O–H groups in total. The van der Waals surface area contributed by atoms with Gasteiger partial charge in [0, 0.05) is 63.1 Å². The highest BCUT2D eigenvalue weighted by Crippen LogP contribution is 2.33. The lowest BCUT2D eigenvalue weighted by Crippen LogP contribution is -2.55. The predicted molar refractivity (Wildman–Crippen MR) is 123 cm³/mol. The van der Waals surface area contributed by atoms with Crippen LogP contribution in [0.1, 0.15) is 11.5 Å². The Balaban J connectivity index is 1.58. The van der Waals surface area contributed by atoms with Crippen LogP contribution in [0, 0.1) is 5.82 Å². The summed E-state index contributed by atoms with van der Waals surface area (Å²) in [6, 6.07) is 10.5. The number of anilines is 1. The fourth-order valence-corrected chi connectivity index (χ4v) is 3.87. The van der Waals surface area contributed by atoms with Crippen molar-refractivity contribution >= 4 is 29.3 Å². The summed E-state index contributed by atoms with van der Waals surface area (Å²) in [6.07, 6.45) is 3.46. The zero-order valence-corrected chi connectivity index (χ0v) is 18.1. The van der Waals surface area contributed by atoms with E-state index in [1.807, 2.05) is 17.0 Å². The van der Waals surface area contributed by atoms with Gasteiger partial charge >= 0.3 is 0 Å². The number of guanidine groups is 1. The summed E-state index contributed by atoms with van der Waals surface area (Å²) < 4.78 is 24.1. The summed E-state index contributed by atoms with van der Waals surface area (Å²) >= 11 is 0. The van der Waals surface area contributed by atoms with Crippen LogP contribution in [0.2, 0.25) is 0 Å². The second-order valence-electron chi connectivity index (χ2n) is 7.41. The number of methoxy groups -OCH3 is 2. The van der Waals surface area contributed by atoms with Crippen molar-refractivity contribution in [3.8, 4) is 5.88 Å². The van der Waals surface area contributed by atoms with Crippen molar-refractivity contribution < 1.29 is 13.9 Å². The molecule has 0 unspecified atom stereocenters. The van der Waals surface area contributed by atoms with Crippen molar-refractivity contribution in [3.63, 3.8) is 0 Å². The number of aromatic nitrogens is 2. The first kappa shape index (κ1) is 21.6. The lowest BCUT2D eigenvalue weighted by molar-refractivity contribution is 0.204. The molecule has 0 saturated carbocycles. The molecule has 0 radical (unpaired) electrons. The summed E-state index contributed by atoms with van der Waals surface area (Å²) in [4.78, 5) is 12.8. The Morgan fingerprint density at radius 3 is 2.75 bits per heavy atom. The average Bonchev–Trinajstić information content (AvgIpc) is 2.78. The Morgan fingerprint density at radius 2 is 2.06 bits per heavy atom. The van der Waals surface area contributed by atoms with Gasteiger partial charge in [-0.1, -0.05) is 0 Å². The maximum Gasteiger partial charge on any atom is 0.226 e. The molecule has 0 bridgehead atoms. The largest absolute Gasteiger partial charge is 0.481 e. The number of nitrogens with zero attached hydrogens (tertiary/aromatic N) is 6. The number of pyridine rings is 2. The van der Waals surface area contributed by atoms with Gasteiger partial charge < -0.3 is 19.3 Å². The average molecular weight is 436 g/mol. The lowest BCUT2D eigenvalue weighted by atomic mass is 9.89. The number of halogens is 1. The second-order valence-corrected chi connectivity index (χ2v) is 7.41. The zero-order valence-electron chi connectivity index (χ0n) is 18.1. The molecule has 0 spiro atoms. The van der Waals surface area contributed by atoms with Gasteiger partial charge in [-0.3, -0.25) is 4.98 Å². The van der Waals surface area contributed by atoms with Crippen molar-refractivity contribution in [2.75, 3.05) is 45.4 Å². The molecule has 32 heavy (non-hydrogen) atoms. The van der Waals surface area contributed by atoms with Crippen LogP contribution < -0.4 is 9.64 Å². The van der Waals surface area contributed by atoms with Crippen molar-refractivity contribution in [1.82, 2.24) is 14.9 Å². The smallest absolute Gasteiger partial charge is 0.226 e. The van der Waals surface area contributed by atoms with Crippen LogP contribution in [0.3, 0.4) is 0 Å². The van der Waals surface area contributed by atoms with Crippen molar-refractivity contribution in [1.29, 1.82) is 0 Å². The van der Waals surface area contributed by atoms with Crippen LogP contribution in [0.4, 0.5) is 10.1 Å². The van der Waals surface area contributed by atoms with E-state index < -0.39 is 0 Å². The fourth-order valence-electron chi connectivity index (χ4n) is 3.87. The summed E-state index contributed by atoms with van der Waals surface area (Å²) in [5.74, 6) is 1.18. The third-order valence-corrected chi connectivity index (χ3v) is 5.50. The van der Waals surface area contributed by atoms with Crippen LogP contribution in [-0.4, -0.2) is 68.0 Å². The topological polar surface area (TPSA) is 75.4 Å². The van der Waals surface area contributed by atoms with Crippen LogP contribution >= 0.6 is 0 Å². The lowest BCUT2D eigenvalue weighted by Gasteiger charge is -2.44. The molecule has 2 aromatic heterocycles. The molecule has 3 aromatic rings. The highest BCUT2D eigenvalue weighted by atomic mass is 19.1. The second kappa shape index (κ2) is 9.69. The molecule has 0 amide bonds. The van der Waals surface area contributed by atoms with Crippen molar-refractivity contribution in [2.24, 2.45) is 10.2 Å². The molecule has 4 rings (SSSR count). The number of benzene rings is 1. The molecule has 8 nitrogen and oxygen atoms in total. The van der Waals surface area contributed by atoms with E-state index in [9.17, 15) is 4.39 Å². The molecule has 1 aliphatic heterocycles. The molecule has 1 aliphatic rings. The van der Waals surface area contributed by atoms with Crippen LogP contribution in [0.25, 0.3) is 10.9 Å². The van der Waals surface area contributed by atoms with E-state index in [-0.39, 0.29) is 11.7 Å². The Hall–Kier alpha value is -3.59. The molecular weight excluding hydrogens is 411 g/mol. The number of hydrogen-bond acceptors (Lipinski definition) is 6. The molecule has 0 atom stereocenters. The summed E-state index contributed by atoms with van der Waals surface area (Å²) in [5, 5.41) is 9.10. The summed E-state index contributed by atoms with van der Waals surface area (Å²) in [6.45, 7) is 6.08. The highest BCUT2D eigenvalue weighted by Gasteiger charge is 2.34. The monoisotopic (exact) mass is 436 g/mol. The van der Waals surface area contributed by atoms with E-state index >= 15 is 0 Å². The normalized spacial score (nSPS) is 14.3. The molecule has 3 heterocycles. The van der Waals surface area contributed by atoms with Gasteiger partial charge in [0.15, 0.2) is 0 Å². The Morgan fingerprint density at radius 1 is 1.22 bits per heavy atom. The minimum atomic E-state index is -0.286. The first-order valence-corrected chi connectivity index (χ1v) is 10.2. The third kappa shape index (κ3) is 4.38. The number of hydrogen-bond donors (Lipinski definition) is 0. The summed E-state index contributed by atoms with van der Waals surface area (Å²) in [5.41, 5.74) is 2.65. The zero-order chi connectivity index (χ0) is 22.5. The summed E-state index contributed by atoms with van der Waals surface area (Å²) in [7, 11) is 3.24. The highest BCUT2D eigenvalue weighted by molar-refractivity contribution is 5.97. The van der Waals surface area contributed by atoms with E-state index in [0.29, 0.717) is 30.5 Å². The fraction of sp³-hybridized carbons (Fsp3) is 0.304. The van der Waals surface area contributed by atoms with Crippen LogP contribution in [-0.2, 0) is 4.74 Å². The number of likely N-dealkylation sites (tertiary alicyclic amines) is 1. The molecule has 0 aliphatic carbocycles. The molecule has 1 fully saturated rings. The molecule has 1 saturated heterocycles. The van der Waals surface area contributed by atoms with Crippen LogP contribution in [0.5, 0.6) is 5.88 Å². The van der Waals surface area contributed by atoms with Gasteiger partial charge in [0.2, 0.25) is 11.8 Å². The minimum Gasteiger partial charge on any atom is -0.481 e. The van der Waals surface area contributed by atoms with E-state index in [4.69, 9.17) is 9.47 Å². The predicted octanol–water partition coefficient (Wildman–Crippen LogP) is 3.30. The maximum absolute atomic E-state index is 13.6. The Bertz CT molecular complexity index is 1120. The molecule has 166 valence electrons. The van der Waals surface area contributed by atoms with Crippen LogP contribution in [0.15, 0.2) is 59.0 Å². The number of fused-ring (bicyclic) bond motifs is 1. The molecular formula is C23H25FN6O2. The van der Waals surface area contributed by atoms with E-state index in [2.05, 4.69) is 31.8 Å². The van der Waals surface area contributed by atoms with E-state index in [1.165, 1.54) is 12.1 Å². The molecule has 1 aromatic carbocycles. The Kier molecular flexibility index (Phi) is 6.55. The van der Waals surface area contributed by atoms with Gasteiger partial charge in [0.1, 0.15) is 5.82 Å². The van der Waals surface area contributed by atoms with Crippen molar-refractivity contribution in [2.45, 2.75) is 5.92 Å².